The minimum absolute atomic E-state index is 0.181. The first-order valence-electron chi connectivity index (χ1n) is 6.65. The Morgan fingerprint density at radius 1 is 1.55 bits per heavy atom. The monoisotopic (exact) mass is 311 g/mol. The van der Waals surface area contributed by atoms with Crippen LogP contribution in [0.5, 0.6) is 0 Å². The minimum Gasteiger partial charge on any atom is -0.394 e. The average molecular weight is 311 g/mol. The van der Waals surface area contributed by atoms with E-state index in [0.29, 0.717) is 5.52 Å². The third-order valence-electron chi connectivity index (χ3n) is 3.90. The van der Waals surface area contributed by atoms with E-state index in [4.69, 9.17) is 15.2 Å². The highest BCUT2D eigenvalue weighted by atomic mass is 16.6. The maximum Gasteiger partial charge on any atom is 0.350 e. The quantitative estimate of drug-likeness (QED) is 0.590. The number of fused-ring (bicyclic) bond motifs is 1. The standard InChI is InChI=1S/C12H17N5O5/c1-16-9(13)6-10(15-12(16)20)17(4-14-6)11-8(21-2)7(19)5(3-18)22-11/h4-5,7-8,11,18-19H,3,13H2,1-2H3/t5-,7-,8-,11-/m1/s1. The first-order valence-corrected chi connectivity index (χ1v) is 6.65. The normalized spacial score (nSPS) is 28.5. The van der Waals surface area contributed by atoms with Gasteiger partial charge in [0.1, 0.15) is 29.6 Å². The summed E-state index contributed by atoms with van der Waals surface area (Å²) < 4.78 is 13.5. The second-order valence-electron chi connectivity index (χ2n) is 5.10. The summed E-state index contributed by atoms with van der Waals surface area (Å²) in [4.78, 5) is 19.9. The zero-order chi connectivity index (χ0) is 16.0. The van der Waals surface area contributed by atoms with Gasteiger partial charge in [0.15, 0.2) is 11.9 Å². The molecule has 0 bridgehead atoms. The summed E-state index contributed by atoms with van der Waals surface area (Å²) in [5.74, 6) is 0.181. The van der Waals surface area contributed by atoms with Crippen LogP contribution in [0.25, 0.3) is 11.2 Å². The maximum absolute atomic E-state index is 11.8. The van der Waals surface area contributed by atoms with Gasteiger partial charge in [0.25, 0.3) is 0 Å². The molecule has 1 aliphatic rings. The minimum atomic E-state index is -1.01. The molecule has 0 amide bonds. The van der Waals surface area contributed by atoms with Gasteiger partial charge in [-0.05, 0) is 0 Å². The van der Waals surface area contributed by atoms with Gasteiger partial charge in [-0.1, -0.05) is 0 Å². The summed E-state index contributed by atoms with van der Waals surface area (Å²) in [5, 5.41) is 19.3. The van der Waals surface area contributed by atoms with E-state index in [1.54, 1.807) is 0 Å². The summed E-state index contributed by atoms with van der Waals surface area (Å²) >= 11 is 0. The molecule has 2 aromatic rings. The van der Waals surface area contributed by atoms with E-state index in [-0.39, 0.29) is 18.1 Å². The van der Waals surface area contributed by atoms with Crippen molar-refractivity contribution in [2.24, 2.45) is 7.05 Å². The average Bonchev–Trinajstić information content (AvgIpc) is 3.05. The highest BCUT2D eigenvalue weighted by molar-refractivity contribution is 5.81. The molecule has 3 rings (SSSR count). The van der Waals surface area contributed by atoms with Gasteiger partial charge >= 0.3 is 5.69 Å². The van der Waals surface area contributed by atoms with Crippen LogP contribution in [0.2, 0.25) is 0 Å². The van der Waals surface area contributed by atoms with Crippen molar-refractivity contribution in [2.75, 3.05) is 19.5 Å². The van der Waals surface area contributed by atoms with E-state index in [0.717, 1.165) is 0 Å². The van der Waals surface area contributed by atoms with Crippen LogP contribution in [-0.4, -0.2) is 61.3 Å². The van der Waals surface area contributed by atoms with Gasteiger partial charge in [-0.3, -0.25) is 9.13 Å². The molecular weight excluding hydrogens is 294 g/mol. The second-order valence-corrected chi connectivity index (χ2v) is 5.10. The van der Waals surface area contributed by atoms with Crippen molar-refractivity contribution < 1.29 is 19.7 Å². The van der Waals surface area contributed by atoms with Gasteiger partial charge in [-0.15, -0.1) is 0 Å². The Balaban J connectivity index is 2.13. The number of nitrogens with zero attached hydrogens (tertiary/aromatic N) is 4. The number of anilines is 1. The summed E-state index contributed by atoms with van der Waals surface area (Å²) in [6.45, 7) is -0.360. The van der Waals surface area contributed by atoms with Crippen molar-refractivity contribution >= 4 is 17.0 Å². The molecule has 0 aromatic carbocycles. The molecule has 120 valence electrons. The number of ether oxygens (including phenoxy) is 2. The SMILES string of the molecule is CO[C@@H]1[C@H](O)[C@@H](CO)O[C@H]1n1cnc2c(N)n(C)c(=O)nc21. The number of methoxy groups -OCH3 is 1. The number of nitrogens with two attached hydrogens (primary N) is 1. The van der Waals surface area contributed by atoms with Gasteiger partial charge in [0, 0.05) is 14.2 Å². The molecule has 0 unspecified atom stereocenters. The maximum atomic E-state index is 11.8. The van der Waals surface area contributed by atoms with Crippen LogP contribution in [0, 0.1) is 0 Å². The Morgan fingerprint density at radius 3 is 2.91 bits per heavy atom. The molecule has 10 nitrogen and oxygen atoms in total. The van der Waals surface area contributed by atoms with Gasteiger partial charge in [0.2, 0.25) is 0 Å². The lowest BCUT2D eigenvalue weighted by Gasteiger charge is -2.19. The smallest absolute Gasteiger partial charge is 0.350 e. The Hall–Kier alpha value is -2.01. The molecule has 1 fully saturated rings. The predicted octanol–water partition coefficient (Wildman–Crippen LogP) is -2.02. The van der Waals surface area contributed by atoms with E-state index in [1.165, 1.54) is 29.6 Å². The van der Waals surface area contributed by atoms with Crippen molar-refractivity contribution in [1.29, 1.82) is 0 Å². The number of hydrogen-bond donors (Lipinski definition) is 3. The van der Waals surface area contributed by atoms with Crippen molar-refractivity contribution in [2.45, 2.75) is 24.5 Å². The lowest BCUT2D eigenvalue weighted by molar-refractivity contribution is -0.0583. The third kappa shape index (κ3) is 2.00. The molecule has 2 aromatic heterocycles. The molecular formula is C12H17N5O5. The predicted molar refractivity (Wildman–Crippen MR) is 75.0 cm³/mol. The highest BCUT2D eigenvalue weighted by Gasteiger charge is 2.45. The fraction of sp³-hybridized carbons (Fsp3) is 0.583. The molecule has 0 radical (unpaired) electrons. The number of rotatable bonds is 3. The first-order chi connectivity index (χ1) is 10.5. The van der Waals surface area contributed by atoms with Gasteiger partial charge in [-0.2, -0.15) is 4.98 Å². The number of imidazole rings is 1. The lowest BCUT2D eigenvalue weighted by Crippen LogP contribution is -2.34. The van der Waals surface area contributed by atoms with Gasteiger partial charge in [0.05, 0.1) is 12.9 Å². The Labute approximate surface area is 124 Å². The van der Waals surface area contributed by atoms with Crippen LogP contribution in [-0.2, 0) is 16.5 Å². The van der Waals surface area contributed by atoms with Crippen molar-refractivity contribution in [3.63, 3.8) is 0 Å². The van der Waals surface area contributed by atoms with Crippen LogP contribution < -0.4 is 11.4 Å². The van der Waals surface area contributed by atoms with Crippen LogP contribution in [0.1, 0.15) is 6.23 Å². The van der Waals surface area contributed by atoms with E-state index in [2.05, 4.69) is 9.97 Å². The molecule has 0 saturated carbocycles. The fourth-order valence-electron chi connectivity index (χ4n) is 2.61. The number of aliphatic hydroxyl groups excluding tert-OH is 2. The van der Waals surface area contributed by atoms with Crippen LogP contribution in [0.15, 0.2) is 11.1 Å². The van der Waals surface area contributed by atoms with Crippen molar-refractivity contribution in [3.05, 3.63) is 16.8 Å². The fourth-order valence-corrected chi connectivity index (χ4v) is 2.61. The molecule has 4 atom stereocenters. The molecule has 1 aliphatic heterocycles. The number of nitrogen functional groups attached to an aromatic ring is 1. The van der Waals surface area contributed by atoms with E-state index in [1.807, 2.05) is 0 Å². The lowest BCUT2D eigenvalue weighted by atomic mass is 10.1. The summed E-state index contributed by atoms with van der Waals surface area (Å²) in [7, 11) is 2.92. The summed E-state index contributed by atoms with van der Waals surface area (Å²) in [6.07, 6.45) is -1.91. The Kier molecular flexibility index (Phi) is 3.60. The molecule has 1 saturated heterocycles. The molecule has 4 N–H and O–H groups in total. The zero-order valence-electron chi connectivity index (χ0n) is 12.1. The number of hydrogen-bond acceptors (Lipinski definition) is 8. The highest BCUT2D eigenvalue weighted by Crippen LogP contribution is 2.33. The number of aromatic nitrogens is 4. The van der Waals surface area contributed by atoms with Crippen molar-refractivity contribution in [3.8, 4) is 0 Å². The molecule has 0 spiro atoms. The molecule has 22 heavy (non-hydrogen) atoms. The third-order valence-corrected chi connectivity index (χ3v) is 3.90. The van der Waals surface area contributed by atoms with Crippen LogP contribution >= 0.6 is 0 Å². The second kappa shape index (κ2) is 5.32. The van der Waals surface area contributed by atoms with E-state index < -0.39 is 30.2 Å². The van der Waals surface area contributed by atoms with Gasteiger partial charge in [-0.25, -0.2) is 9.78 Å². The molecule has 0 aliphatic carbocycles. The Morgan fingerprint density at radius 2 is 2.27 bits per heavy atom. The molecule has 3 heterocycles. The molecule has 10 heteroatoms. The van der Waals surface area contributed by atoms with Crippen LogP contribution in [0.3, 0.4) is 0 Å². The van der Waals surface area contributed by atoms with Gasteiger partial charge < -0.3 is 25.4 Å². The zero-order valence-corrected chi connectivity index (χ0v) is 12.1. The van der Waals surface area contributed by atoms with E-state index >= 15 is 0 Å². The largest absolute Gasteiger partial charge is 0.394 e. The van der Waals surface area contributed by atoms with Crippen LogP contribution in [0.4, 0.5) is 5.82 Å². The Bertz CT molecular complexity index is 756. The first kappa shape index (κ1) is 14.9. The van der Waals surface area contributed by atoms with E-state index in [9.17, 15) is 15.0 Å². The topological polar surface area (TPSA) is 138 Å². The summed E-state index contributed by atoms with van der Waals surface area (Å²) in [5.41, 5.74) is 5.92. The summed E-state index contributed by atoms with van der Waals surface area (Å²) in [6, 6.07) is 0. The van der Waals surface area contributed by atoms with Crippen molar-refractivity contribution in [1.82, 2.24) is 19.1 Å². The number of aliphatic hydroxyl groups is 2.